The zero-order chi connectivity index (χ0) is 22.8. The summed E-state index contributed by atoms with van der Waals surface area (Å²) in [6, 6.07) is 15.2. The highest BCUT2D eigenvalue weighted by molar-refractivity contribution is 7.93. The lowest BCUT2D eigenvalue weighted by molar-refractivity contribution is 0.101. The summed E-state index contributed by atoms with van der Waals surface area (Å²) < 4.78 is 55.6. The Hall–Kier alpha value is -2.59. The third kappa shape index (κ3) is 5.56. The molecule has 3 aromatic carbocycles. The Bertz CT molecular complexity index is 1360. The van der Waals surface area contributed by atoms with Gasteiger partial charge in [-0.15, -0.1) is 0 Å². The number of ketones is 1. The van der Waals surface area contributed by atoms with E-state index in [1.807, 2.05) is 0 Å². The number of Topliss-reactive ketones (excluding diaryl/α,β-unsaturated/α-hetero) is 1. The van der Waals surface area contributed by atoms with Gasteiger partial charge in [-0.1, -0.05) is 35.3 Å². The zero-order valence-electron chi connectivity index (χ0n) is 16.0. The molecule has 0 aliphatic heterocycles. The van der Waals surface area contributed by atoms with Gasteiger partial charge in [-0.25, -0.2) is 16.8 Å². The van der Waals surface area contributed by atoms with Crippen LogP contribution in [-0.4, -0.2) is 22.6 Å². The molecule has 11 heteroatoms. The van der Waals surface area contributed by atoms with Gasteiger partial charge >= 0.3 is 0 Å². The SMILES string of the molecule is CC(=O)c1cccc(S(=O)(=O)Nc2ccc(Cl)c(S(=O)(=O)Nc3ccc(Cl)cc3)c2)c1. The molecular formula is C20H16Cl2N2O5S2. The van der Waals surface area contributed by atoms with Crippen LogP contribution in [0.4, 0.5) is 11.4 Å². The zero-order valence-corrected chi connectivity index (χ0v) is 19.1. The number of carbonyl (C=O) groups excluding carboxylic acids is 1. The molecule has 0 aliphatic rings. The van der Waals surface area contributed by atoms with Crippen molar-refractivity contribution in [1.82, 2.24) is 0 Å². The van der Waals surface area contributed by atoms with Crippen molar-refractivity contribution < 1.29 is 21.6 Å². The molecule has 0 radical (unpaired) electrons. The van der Waals surface area contributed by atoms with Crippen molar-refractivity contribution in [2.24, 2.45) is 0 Å². The first-order valence-electron chi connectivity index (χ1n) is 8.70. The Morgan fingerprint density at radius 3 is 2.03 bits per heavy atom. The number of sulfonamides is 2. The molecule has 3 rings (SSSR count). The van der Waals surface area contributed by atoms with E-state index in [4.69, 9.17) is 23.2 Å². The maximum Gasteiger partial charge on any atom is 0.263 e. The first-order valence-corrected chi connectivity index (χ1v) is 12.4. The van der Waals surface area contributed by atoms with Crippen molar-refractivity contribution in [1.29, 1.82) is 0 Å². The van der Waals surface area contributed by atoms with E-state index in [1.54, 1.807) is 0 Å². The molecule has 0 heterocycles. The van der Waals surface area contributed by atoms with Crippen LogP contribution in [0.5, 0.6) is 0 Å². The maximum atomic E-state index is 12.8. The Morgan fingerprint density at radius 1 is 0.774 bits per heavy atom. The molecule has 0 saturated carbocycles. The molecule has 7 nitrogen and oxygen atoms in total. The summed E-state index contributed by atoms with van der Waals surface area (Å²) in [7, 11) is -8.21. The molecule has 162 valence electrons. The molecular weight excluding hydrogens is 483 g/mol. The topological polar surface area (TPSA) is 109 Å². The van der Waals surface area contributed by atoms with Gasteiger partial charge in [-0.3, -0.25) is 14.2 Å². The molecule has 0 aromatic heterocycles. The van der Waals surface area contributed by atoms with Crippen molar-refractivity contribution in [2.45, 2.75) is 16.7 Å². The summed E-state index contributed by atoms with van der Waals surface area (Å²) in [6.45, 7) is 1.32. The monoisotopic (exact) mass is 498 g/mol. The second-order valence-electron chi connectivity index (χ2n) is 6.45. The third-order valence-electron chi connectivity index (χ3n) is 4.12. The van der Waals surface area contributed by atoms with Crippen LogP contribution in [0.15, 0.2) is 76.5 Å². The van der Waals surface area contributed by atoms with E-state index in [2.05, 4.69) is 9.44 Å². The van der Waals surface area contributed by atoms with E-state index in [1.165, 1.54) is 67.6 Å². The second-order valence-corrected chi connectivity index (χ2v) is 10.6. The Kier molecular flexibility index (Phi) is 6.61. The molecule has 0 bridgehead atoms. The van der Waals surface area contributed by atoms with Crippen LogP contribution in [0.25, 0.3) is 0 Å². The summed E-state index contributed by atoms with van der Waals surface area (Å²) in [6.07, 6.45) is 0. The van der Waals surface area contributed by atoms with Gasteiger partial charge in [0.05, 0.1) is 15.6 Å². The third-order valence-corrected chi connectivity index (χ3v) is 7.61. The van der Waals surface area contributed by atoms with Gasteiger partial charge in [0, 0.05) is 16.3 Å². The normalized spacial score (nSPS) is 11.7. The number of hydrogen-bond donors (Lipinski definition) is 2. The number of nitrogens with one attached hydrogen (secondary N) is 2. The molecule has 0 aliphatic carbocycles. The molecule has 0 spiro atoms. The second kappa shape index (κ2) is 8.88. The van der Waals surface area contributed by atoms with Crippen molar-refractivity contribution >= 4 is 60.4 Å². The van der Waals surface area contributed by atoms with Crippen LogP contribution in [0.3, 0.4) is 0 Å². The lowest BCUT2D eigenvalue weighted by Crippen LogP contribution is -2.16. The van der Waals surface area contributed by atoms with Crippen molar-refractivity contribution in [3.05, 3.63) is 82.3 Å². The number of hydrogen-bond acceptors (Lipinski definition) is 5. The van der Waals surface area contributed by atoms with E-state index < -0.39 is 20.0 Å². The predicted molar refractivity (Wildman–Crippen MR) is 121 cm³/mol. The maximum absolute atomic E-state index is 12.8. The van der Waals surface area contributed by atoms with Gasteiger partial charge in [0.15, 0.2) is 5.78 Å². The molecule has 3 aromatic rings. The summed E-state index contributed by atoms with van der Waals surface area (Å²) in [5.41, 5.74) is 0.469. The number of rotatable bonds is 7. The Morgan fingerprint density at radius 2 is 1.39 bits per heavy atom. The fraction of sp³-hybridized carbons (Fsp3) is 0.0500. The molecule has 31 heavy (non-hydrogen) atoms. The van der Waals surface area contributed by atoms with Crippen molar-refractivity contribution in [3.8, 4) is 0 Å². The first kappa shape index (κ1) is 23.1. The fourth-order valence-corrected chi connectivity index (χ4v) is 5.40. The summed E-state index contributed by atoms with van der Waals surface area (Å²) >= 11 is 11.9. The van der Waals surface area contributed by atoms with Crippen LogP contribution < -0.4 is 9.44 Å². The Balaban J connectivity index is 1.92. The Labute approximate surface area is 190 Å². The minimum Gasteiger partial charge on any atom is -0.295 e. The summed E-state index contributed by atoms with van der Waals surface area (Å²) in [4.78, 5) is 11.1. The van der Waals surface area contributed by atoms with E-state index in [9.17, 15) is 21.6 Å². The first-order chi connectivity index (χ1) is 14.5. The van der Waals surface area contributed by atoms with Gasteiger partial charge in [0.25, 0.3) is 20.0 Å². The number of carbonyl (C=O) groups is 1. The lowest BCUT2D eigenvalue weighted by atomic mass is 10.2. The molecule has 0 saturated heterocycles. The number of halogens is 2. The highest BCUT2D eigenvalue weighted by Gasteiger charge is 2.21. The predicted octanol–water partition coefficient (Wildman–Crippen LogP) is 4.80. The van der Waals surface area contributed by atoms with Crippen LogP contribution >= 0.6 is 23.2 Å². The highest BCUT2D eigenvalue weighted by atomic mass is 35.5. The highest BCUT2D eigenvalue weighted by Crippen LogP contribution is 2.28. The van der Waals surface area contributed by atoms with E-state index in [-0.39, 0.29) is 37.5 Å². The quantitative estimate of drug-likeness (QED) is 0.454. The average molecular weight is 499 g/mol. The standard InChI is InChI=1S/C20H16Cl2N2O5S2/c1-13(25)14-3-2-4-18(11-14)30(26,27)24-17-9-10-19(22)20(12-17)31(28,29)23-16-7-5-15(21)6-8-16/h2-12,23-24H,1H3. The number of benzene rings is 3. The van der Waals surface area contributed by atoms with Gasteiger partial charge in [0.2, 0.25) is 0 Å². The molecule has 2 N–H and O–H groups in total. The van der Waals surface area contributed by atoms with E-state index in [0.717, 1.165) is 6.07 Å². The van der Waals surface area contributed by atoms with E-state index in [0.29, 0.717) is 5.02 Å². The molecule has 0 fully saturated rings. The summed E-state index contributed by atoms with van der Waals surface area (Å²) in [5.74, 6) is -0.287. The number of anilines is 2. The minimum atomic E-state index is -4.12. The minimum absolute atomic E-state index is 0.0193. The van der Waals surface area contributed by atoms with Gasteiger partial charge in [0.1, 0.15) is 4.90 Å². The molecule has 0 atom stereocenters. The van der Waals surface area contributed by atoms with Gasteiger partial charge < -0.3 is 0 Å². The molecule has 0 unspecified atom stereocenters. The van der Waals surface area contributed by atoms with Crippen molar-refractivity contribution in [2.75, 3.05) is 9.44 Å². The van der Waals surface area contributed by atoms with Crippen LogP contribution in [0.1, 0.15) is 17.3 Å². The van der Waals surface area contributed by atoms with Crippen molar-refractivity contribution in [3.63, 3.8) is 0 Å². The van der Waals surface area contributed by atoms with Gasteiger partial charge in [-0.05, 0) is 61.5 Å². The summed E-state index contributed by atoms with van der Waals surface area (Å²) in [5, 5.41) is 0.342. The van der Waals surface area contributed by atoms with E-state index >= 15 is 0 Å². The van der Waals surface area contributed by atoms with Crippen LogP contribution in [0.2, 0.25) is 10.0 Å². The lowest BCUT2D eigenvalue weighted by Gasteiger charge is -2.13. The fourth-order valence-electron chi connectivity index (χ4n) is 2.60. The van der Waals surface area contributed by atoms with Crippen LogP contribution in [0, 0.1) is 0 Å². The van der Waals surface area contributed by atoms with Crippen LogP contribution in [-0.2, 0) is 20.0 Å². The van der Waals surface area contributed by atoms with Gasteiger partial charge in [-0.2, -0.15) is 0 Å². The smallest absolute Gasteiger partial charge is 0.263 e. The average Bonchev–Trinajstić information content (AvgIpc) is 2.71. The molecule has 0 amide bonds. The largest absolute Gasteiger partial charge is 0.295 e.